The molecule has 28 heavy (non-hydrogen) atoms. The Morgan fingerprint density at radius 3 is 2.61 bits per heavy atom. The molecule has 0 aromatic heterocycles. The van der Waals surface area contributed by atoms with Crippen LogP contribution >= 0.6 is 11.6 Å². The molecule has 1 heterocycles. The molecule has 8 heteroatoms. The number of hydrogen-bond acceptors (Lipinski definition) is 5. The van der Waals surface area contributed by atoms with Crippen LogP contribution in [0, 0.1) is 16.0 Å². The minimum absolute atomic E-state index is 0.0652. The first-order valence-corrected chi connectivity index (χ1v) is 9.43. The summed E-state index contributed by atoms with van der Waals surface area (Å²) in [5, 5.41) is 15.4. The van der Waals surface area contributed by atoms with Crippen molar-refractivity contribution in [2.45, 2.75) is 19.4 Å². The lowest BCUT2D eigenvalue weighted by atomic mass is 9.96. The maximum absolute atomic E-state index is 12.3. The monoisotopic (exact) mass is 400 g/mol. The summed E-state index contributed by atoms with van der Waals surface area (Å²) in [6, 6.07) is 13.8. The van der Waals surface area contributed by atoms with E-state index in [1.54, 1.807) is 30.5 Å². The predicted molar refractivity (Wildman–Crippen MR) is 108 cm³/mol. The molecule has 146 valence electrons. The highest BCUT2D eigenvalue weighted by molar-refractivity contribution is 6.30. The quantitative estimate of drug-likeness (QED) is 0.455. The highest BCUT2D eigenvalue weighted by Gasteiger charge is 2.24. The van der Waals surface area contributed by atoms with Crippen molar-refractivity contribution in [3.05, 3.63) is 74.8 Å². The number of non-ortho nitro benzene ring substituents is 1. The van der Waals surface area contributed by atoms with Crippen molar-refractivity contribution in [3.8, 4) is 0 Å². The Kier molecular flexibility index (Phi) is 6.73. The standard InChI is InChI=1S/C20H21ClN4O3/c21-18-3-1-2-16(12-18)13-22-23-20(26)17-8-10-24(11-9-17)14-15-4-6-19(7-5-15)25(27)28/h1-7,12-13,17H,8-11,14H2,(H,23,26)/b22-13-. The molecule has 0 saturated carbocycles. The number of amides is 1. The largest absolute Gasteiger partial charge is 0.299 e. The Morgan fingerprint density at radius 2 is 1.96 bits per heavy atom. The molecular formula is C20H21ClN4O3. The number of hydrazone groups is 1. The Labute approximate surface area is 168 Å². The average Bonchev–Trinajstić information content (AvgIpc) is 2.69. The van der Waals surface area contributed by atoms with Crippen LogP contribution in [0.15, 0.2) is 53.6 Å². The molecule has 0 radical (unpaired) electrons. The van der Waals surface area contributed by atoms with Gasteiger partial charge < -0.3 is 0 Å². The number of rotatable bonds is 6. The number of hydrogen-bond donors (Lipinski definition) is 1. The molecule has 1 saturated heterocycles. The van der Waals surface area contributed by atoms with E-state index in [0.717, 1.165) is 43.6 Å². The van der Waals surface area contributed by atoms with E-state index in [1.165, 1.54) is 12.1 Å². The second-order valence-corrected chi connectivity index (χ2v) is 7.20. The van der Waals surface area contributed by atoms with E-state index >= 15 is 0 Å². The number of nitrogens with one attached hydrogen (secondary N) is 1. The minimum Gasteiger partial charge on any atom is -0.299 e. The molecule has 1 aliphatic heterocycles. The number of halogens is 1. The second-order valence-electron chi connectivity index (χ2n) is 6.76. The fourth-order valence-electron chi connectivity index (χ4n) is 3.18. The summed E-state index contributed by atoms with van der Waals surface area (Å²) in [5.74, 6) is -0.141. The molecule has 1 aliphatic rings. The van der Waals surface area contributed by atoms with Crippen molar-refractivity contribution in [2.75, 3.05) is 13.1 Å². The number of nitro benzene ring substituents is 1. The van der Waals surface area contributed by atoms with Gasteiger partial charge in [0.2, 0.25) is 5.91 Å². The van der Waals surface area contributed by atoms with Crippen molar-refractivity contribution in [1.82, 2.24) is 10.3 Å². The zero-order valence-corrected chi connectivity index (χ0v) is 16.0. The van der Waals surface area contributed by atoms with Crippen molar-refractivity contribution >= 4 is 29.4 Å². The third-order valence-corrected chi connectivity index (χ3v) is 4.98. The Hall–Kier alpha value is -2.77. The lowest BCUT2D eigenvalue weighted by Crippen LogP contribution is -2.39. The van der Waals surface area contributed by atoms with Crippen LogP contribution in [0.2, 0.25) is 5.02 Å². The van der Waals surface area contributed by atoms with Gasteiger partial charge in [-0.25, -0.2) is 5.43 Å². The maximum atomic E-state index is 12.3. The van der Waals surface area contributed by atoms with Gasteiger partial charge in [-0.05, 0) is 49.2 Å². The molecule has 1 fully saturated rings. The van der Waals surface area contributed by atoms with E-state index in [4.69, 9.17) is 11.6 Å². The number of carbonyl (C=O) groups is 1. The molecule has 0 bridgehead atoms. The molecule has 0 spiro atoms. The van der Waals surface area contributed by atoms with Gasteiger partial charge in [0.25, 0.3) is 5.69 Å². The van der Waals surface area contributed by atoms with E-state index in [0.29, 0.717) is 5.02 Å². The van der Waals surface area contributed by atoms with Crippen LogP contribution in [0.1, 0.15) is 24.0 Å². The van der Waals surface area contributed by atoms with Gasteiger partial charge in [0.15, 0.2) is 0 Å². The van der Waals surface area contributed by atoms with Gasteiger partial charge in [0.1, 0.15) is 0 Å². The van der Waals surface area contributed by atoms with E-state index in [2.05, 4.69) is 15.4 Å². The smallest absolute Gasteiger partial charge is 0.269 e. The van der Waals surface area contributed by atoms with Gasteiger partial charge >= 0.3 is 0 Å². The summed E-state index contributed by atoms with van der Waals surface area (Å²) in [7, 11) is 0. The van der Waals surface area contributed by atoms with Crippen LogP contribution in [0.3, 0.4) is 0 Å². The molecule has 0 aliphatic carbocycles. The highest BCUT2D eigenvalue weighted by atomic mass is 35.5. The summed E-state index contributed by atoms with van der Waals surface area (Å²) in [6.45, 7) is 2.32. The lowest BCUT2D eigenvalue weighted by molar-refractivity contribution is -0.384. The molecule has 1 N–H and O–H groups in total. The van der Waals surface area contributed by atoms with Gasteiger partial charge in [-0.3, -0.25) is 19.8 Å². The summed E-state index contributed by atoms with van der Waals surface area (Å²) < 4.78 is 0. The topological polar surface area (TPSA) is 87.8 Å². The molecule has 0 atom stereocenters. The molecule has 3 rings (SSSR count). The number of carbonyl (C=O) groups excluding carboxylic acids is 1. The normalized spacial score (nSPS) is 15.6. The Balaban J connectivity index is 1.44. The zero-order chi connectivity index (χ0) is 19.9. The summed E-state index contributed by atoms with van der Waals surface area (Å²) in [4.78, 5) is 24.9. The summed E-state index contributed by atoms with van der Waals surface area (Å²) >= 11 is 5.92. The lowest BCUT2D eigenvalue weighted by Gasteiger charge is -2.30. The second kappa shape index (κ2) is 9.43. The van der Waals surface area contributed by atoms with Crippen LogP contribution in [-0.2, 0) is 11.3 Å². The molecule has 0 unspecified atom stereocenters. The fourth-order valence-corrected chi connectivity index (χ4v) is 3.38. The molecule has 7 nitrogen and oxygen atoms in total. The first-order chi connectivity index (χ1) is 13.5. The summed E-state index contributed by atoms with van der Waals surface area (Å²) in [6.07, 6.45) is 3.09. The highest BCUT2D eigenvalue weighted by Crippen LogP contribution is 2.20. The van der Waals surface area contributed by atoms with Crippen LogP contribution in [0.25, 0.3) is 0 Å². The summed E-state index contributed by atoms with van der Waals surface area (Å²) in [5.41, 5.74) is 4.55. The van der Waals surface area contributed by atoms with E-state index in [9.17, 15) is 14.9 Å². The average molecular weight is 401 g/mol. The van der Waals surface area contributed by atoms with Gasteiger partial charge in [-0.1, -0.05) is 35.9 Å². The minimum atomic E-state index is -0.400. The first-order valence-electron chi connectivity index (χ1n) is 9.05. The number of nitro groups is 1. The van der Waals surface area contributed by atoms with Crippen LogP contribution in [0.5, 0.6) is 0 Å². The van der Waals surface area contributed by atoms with Crippen LogP contribution in [0.4, 0.5) is 5.69 Å². The zero-order valence-electron chi connectivity index (χ0n) is 15.3. The SMILES string of the molecule is O=C(N/N=C\c1cccc(Cl)c1)C1CCN(Cc2ccc([N+](=O)[O-])cc2)CC1. The van der Waals surface area contributed by atoms with Crippen molar-refractivity contribution < 1.29 is 9.72 Å². The van der Waals surface area contributed by atoms with Crippen LogP contribution in [-0.4, -0.2) is 35.0 Å². The van der Waals surface area contributed by atoms with Gasteiger partial charge in [-0.15, -0.1) is 0 Å². The van der Waals surface area contributed by atoms with E-state index < -0.39 is 4.92 Å². The Bertz CT molecular complexity index is 862. The third-order valence-electron chi connectivity index (χ3n) is 4.75. The van der Waals surface area contributed by atoms with E-state index in [1.807, 2.05) is 12.1 Å². The van der Waals surface area contributed by atoms with Crippen LogP contribution < -0.4 is 5.43 Å². The first kappa shape index (κ1) is 20.0. The molecular weight excluding hydrogens is 380 g/mol. The van der Waals surface area contributed by atoms with Crippen molar-refractivity contribution in [2.24, 2.45) is 11.0 Å². The molecule has 2 aromatic rings. The third kappa shape index (κ3) is 5.61. The maximum Gasteiger partial charge on any atom is 0.269 e. The fraction of sp³-hybridized carbons (Fsp3) is 0.300. The van der Waals surface area contributed by atoms with Crippen molar-refractivity contribution in [1.29, 1.82) is 0 Å². The predicted octanol–water partition coefficient (Wildman–Crippen LogP) is 3.61. The number of likely N-dealkylation sites (tertiary alicyclic amines) is 1. The van der Waals surface area contributed by atoms with Gasteiger partial charge in [0.05, 0.1) is 11.1 Å². The molecule has 2 aromatic carbocycles. The molecule has 1 amide bonds. The van der Waals surface area contributed by atoms with Gasteiger partial charge in [-0.2, -0.15) is 5.10 Å². The van der Waals surface area contributed by atoms with Crippen molar-refractivity contribution in [3.63, 3.8) is 0 Å². The number of piperidine rings is 1. The Morgan fingerprint density at radius 1 is 1.25 bits per heavy atom. The van der Waals surface area contributed by atoms with E-state index in [-0.39, 0.29) is 17.5 Å². The number of benzene rings is 2. The number of nitrogens with zero attached hydrogens (tertiary/aromatic N) is 3. The van der Waals surface area contributed by atoms with Gasteiger partial charge in [0, 0.05) is 29.6 Å².